The lowest BCUT2D eigenvalue weighted by Gasteiger charge is -2.13. The lowest BCUT2D eigenvalue weighted by Crippen LogP contribution is -2.28. The number of benzene rings is 2. The van der Waals surface area contributed by atoms with Crippen LogP contribution in [0.2, 0.25) is 0 Å². The summed E-state index contributed by atoms with van der Waals surface area (Å²) < 4.78 is 0. The number of nitriles is 1. The number of nitrogens with zero attached hydrogens (tertiary/aromatic N) is 2. The minimum Gasteiger partial charge on any atom is -0.332 e. The van der Waals surface area contributed by atoms with E-state index in [0.29, 0.717) is 6.42 Å². The third-order valence-corrected chi connectivity index (χ3v) is 3.15. The van der Waals surface area contributed by atoms with E-state index in [1.165, 1.54) is 4.90 Å². The van der Waals surface area contributed by atoms with E-state index in [1.54, 1.807) is 7.05 Å². The predicted molar refractivity (Wildman–Crippen MR) is 78.8 cm³/mol. The summed E-state index contributed by atoms with van der Waals surface area (Å²) in [7, 11) is 1.64. The van der Waals surface area contributed by atoms with Crippen LogP contribution in [0.4, 0.5) is 0 Å². The van der Waals surface area contributed by atoms with Gasteiger partial charge in [0.15, 0.2) is 0 Å². The Bertz CT molecular complexity index is 612. The van der Waals surface area contributed by atoms with Gasteiger partial charge in [-0.05, 0) is 16.7 Å². The minimum atomic E-state index is -0.0426. The molecule has 1 amide bonds. The van der Waals surface area contributed by atoms with Crippen molar-refractivity contribution in [1.82, 2.24) is 4.90 Å². The zero-order valence-electron chi connectivity index (χ0n) is 11.4. The van der Waals surface area contributed by atoms with Crippen LogP contribution < -0.4 is 0 Å². The molecule has 20 heavy (non-hydrogen) atoms. The van der Waals surface area contributed by atoms with Gasteiger partial charge in [0.25, 0.3) is 0 Å². The van der Waals surface area contributed by atoms with Gasteiger partial charge in [-0.25, -0.2) is 0 Å². The maximum absolute atomic E-state index is 11.8. The van der Waals surface area contributed by atoms with Crippen LogP contribution in [0.15, 0.2) is 54.6 Å². The lowest BCUT2D eigenvalue weighted by molar-refractivity contribution is -0.128. The molecule has 3 nitrogen and oxygen atoms in total. The SMILES string of the molecule is CN(CC#N)C(=O)Cc1ccc(-c2ccccc2)cc1. The quantitative estimate of drug-likeness (QED) is 0.797. The average Bonchev–Trinajstić information content (AvgIpc) is 2.49. The second-order valence-electron chi connectivity index (χ2n) is 4.65. The molecular weight excluding hydrogens is 248 g/mol. The standard InChI is InChI=1S/C17H16N2O/c1-19(12-11-18)17(20)13-14-7-9-16(10-8-14)15-5-3-2-4-6-15/h2-10H,12-13H2,1H3. The average molecular weight is 264 g/mol. The Hall–Kier alpha value is -2.60. The van der Waals surface area contributed by atoms with Crippen molar-refractivity contribution in [2.45, 2.75) is 6.42 Å². The topological polar surface area (TPSA) is 44.1 Å². The molecule has 100 valence electrons. The molecule has 0 radical (unpaired) electrons. The Balaban J connectivity index is 2.06. The van der Waals surface area contributed by atoms with E-state index in [-0.39, 0.29) is 12.5 Å². The van der Waals surface area contributed by atoms with Crippen LogP contribution in [0.25, 0.3) is 11.1 Å². The molecule has 0 aliphatic carbocycles. The first-order chi connectivity index (χ1) is 9.70. The molecule has 0 aliphatic rings. The van der Waals surface area contributed by atoms with E-state index in [1.807, 2.05) is 48.5 Å². The highest BCUT2D eigenvalue weighted by Crippen LogP contribution is 2.19. The summed E-state index contributed by atoms with van der Waals surface area (Å²) in [5.74, 6) is -0.0426. The maximum Gasteiger partial charge on any atom is 0.227 e. The number of hydrogen-bond acceptors (Lipinski definition) is 2. The minimum absolute atomic E-state index is 0.0426. The van der Waals surface area contributed by atoms with E-state index in [9.17, 15) is 4.79 Å². The van der Waals surface area contributed by atoms with Crippen molar-refractivity contribution in [3.05, 3.63) is 60.2 Å². The van der Waals surface area contributed by atoms with Gasteiger partial charge in [0.1, 0.15) is 6.54 Å². The van der Waals surface area contributed by atoms with Crippen molar-refractivity contribution in [2.75, 3.05) is 13.6 Å². The normalized spacial score (nSPS) is 9.80. The molecule has 0 atom stereocenters. The van der Waals surface area contributed by atoms with E-state index in [2.05, 4.69) is 12.1 Å². The zero-order chi connectivity index (χ0) is 14.4. The van der Waals surface area contributed by atoms with E-state index in [0.717, 1.165) is 16.7 Å². The second-order valence-corrected chi connectivity index (χ2v) is 4.65. The van der Waals surface area contributed by atoms with Gasteiger partial charge in [-0.15, -0.1) is 0 Å². The van der Waals surface area contributed by atoms with E-state index >= 15 is 0 Å². The molecule has 0 saturated heterocycles. The van der Waals surface area contributed by atoms with Crippen LogP contribution in [-0.4, -0.2) is 24.4 Å². The van der Waals surface area contributed by atoms with Gasteiger partial charge < -0.3 is 4.90 Å². The van der Waals surface area contributed by atoms with Gasteiger partial charge in [-0.2, -0.15) is 5.26 Å². The Labute approximate surface area is 119 Å². The third-order valence-electron chi connectivity index (χ3n) is 3.15. The molecule has 0 bridgehead atoms. The van der Waals surface area contributed by atoms with Crippen LogP contribution in [0.3, 0.4) is 0 Å². The monoisotopic (exact) mass is 264 g/mol. The third kappa shape index (κ3) is 3.46. The molecule has 2 aromatic carbocycles. The molecule has 0 unspecified atom stereocenters. The zero-order valence-corrected chi connectivity index (χ0v) is 11.4. The summed E-state index contributed by atoms with van der Waals surface area (Å²) in [6.07, 6.45) is 0.327. The number of likely N-dealkylation sites (N-methyl/N-ethyl adjacent to an activating group) is 1. The second kappa shape index (κ2) is 6.53. The van der Waals surface area contributed by atoms with Gasteiger partial charge in [0.2, 0.25) is 5.91 Å². The van der Waals surface area contributed by atoms with Crippen molar-refractivity contribution >= 4 is 5.91 Å². The molecule has 0 saturated carbocycles. The maximum atomic E-state index is 11.8. The fraction of sp³-hybridized carbons (Fsp3) is 0.176. The molecule has 0 N–H and O–H groups in total. The molecular formula is C17H16N2O. The van der Waals surface area contributed by atoms with Gasteiger partial charge >= 0.3 is 0 Å². The predicted octanol–water partition coefficient (Wildman–Crippen LogP) is 2.88. The first kappa shape index (κ1) is 13.8. The van der Waals surface area contributed by atoms with Gasteiger partial charge in [-0.1, -0.05) is 54.6 Å². The lowest BCUT2D eigenvalue weighted by atomic mass is 10.0. The van der Waals surface area contributed by atoms with Crippen LogP contribution >= 0.6 is 0 Å². The Morgan fingerprint density at radius 2 is 1.65 bits per heavy atom. The summed E-state index contributed by atoms with van der Waals surface area (Å²) in [6, 6.07) is 20.0. The number of carbonyl (C=O) groups is 1. The van der Waals surface area contributed by atoms with Gasteiger partial charge in [-0.3, -0.25) is 4.79 Å². The van der Waals surface area contributed by atoms with Gasteiger partial charge in [0, 0.05) is 7.05 Å². The molecule has 0 spiro atoms. The van der Waals surface area contributed by atoms with Crippen molar-refractivity contribution in [2.24, 2.45) is 0 Å². The molecule has 3 heteroatoms. The highest BCUT2D eigenvalue weighted by Gasteiger charge is 2.09. The Kier molecular flexibility index (Phi) is 4.52. The Morgan fingerprint density at radius 1 is 1.05 bits per heavy atom. The van der Waals surface area contributed by atoms with Crippen molar-refractivity contribution < 1.29 is 4.79 Å². The van der Waals surface area contributed by atoms with E-state index < -0.39 is 0 Å². The highest BCUT2D eigenvalue weighted by atomic mass is 16.2. The van der Waals surface area contributed by atoms with Crippen molar-refractivity contribution in [3.63, 3.8) is 0 Å². The summed E-state index contributed by atoms with van der Waals surface area (Å²) in [4.78, 5) is 13.3. The number of rotatable bonds is 4. The number of amides is 1. The molecule has 0 aliphatic heterocycles. The molecule has 2 aromatic rings. The smallest absolute Gasteiger partial charge is 0.227 e. The van der Waals surface area contributed by atoms with Gasteiger partial charge in [0.05, 0.1) is 12.5 Å². The first-order valence-electron chi connectivity index (χ1n) is 6.46. The summed E-state index contributed by atoms with van der Waals surface area (Å²) in [5.41, 5.74) is 3.25. The van der Waals surface area contributed by atoms with E-state index in [4.69, 9.17) is 5.26 Å². The number of carbonyl (C=O) groups excluding carboxylic acids is 1. The fourth-order valence-corrected chi connectivity index (χ4v) is 1.95. The number of hydrogen-bond donors (Lipinski definition) is 0. The van der Waals surface area contributed by atoms with Crippen molar-refractivity contribution in [3.8, 4) is 17.2 Å². The van der Waals surface area contributed by atoms with Crippen LogP contribution in [0, 0.1) is 11.3 Å². The van der Waals surface area contributed by atoms with Crippen LogP contribution in [-0.2, 0) is 11.2 Å². The molecule has 0 aromatic heterocycles. The molecule has 0 heterocycles. The van der Waals surface area contributed by atoms with Crippen LogP contribution in [0.5, 0.6) is 0 Å². The summed E-state index contributed by atoms with van der Waals surface area (Å²) in [6.45, 7) is 0.126. The van der Waals surface area contributed by atoms with Crippen LogP contribution in [0.1, 0.15) is 5.56 Å². The van der Waals surface area contributed by atoms with Crippen molar-refractivity contribution in [1.29, 1.82) is 5.26 Å². The molecule has 0 fully saturated rings. The Morgan fingerprint density at radius 3 is 2.25 bits per heavy atom. The summed E-state index contributed by atoms with van der Waals surface area (Å²) in [5, 5.41) is 8.57. The first-order valence-corrected chi connectivity index (χ1v) is 6.46. The fourth-order valence-electron chi connectivity index (χ4n) is 1.95. The largest absolute Gasteiger partial charge is 0.332 e. The summed E-state index contributed by atoms with van der Waals surface area (Å²) >= 11 is 0. The highest BCUT2D eigenvalue weighted by molar-refractivity contribution is 5.79. The molecule has 2 rings (SSSR count).